The van der Waals surface area contributed by atoms with Gasteiger partial charge in [-0.25, -0.2) is 4.79 Å². The van der Waals surface area contributed by atoms with Gasteiger partial charge in [0.15, 0.2) is 0 Å². The van der Waals surface area contributed by atoms with Gasteiger partial charge in [-0.2, -0.15) is 74.6 Å². The second-order valence-electron chi connectivity index (χ2n) is 7.75. The maximum absolute atomic E-state index is 14.1. The Hall–Kier alpha value is -2.51. The lowest BCUT2D eigenvalue weighted by Gasteiger charge is -2.44. The minimum atomic E-state index is -8.62. The number of carbonyl (C=O) groups is 2. The molecule has 0 heterocycles. The van der Waals surface area contributed by atoms with Gasteiger partial charge in [-0.05, 0) is 12.0 Å². The largest absolute Gasteiger partial charge is 0.545 e. The summed E-state index contributed by atoms with van der Waals surface area (Å²) in [5.74, 6) is -60.8. The van der Waals surface area contributed by atoms with Crippen LogP contribution in [0.3, 0.4) is 0 Å². The molecular weight excluding hydrogens is 591 g/mol. The van der Waals surface area contributed by atoms with Crippen molar-refractivity contribution in [2.75, 3.05) is 0 Å². The molecular formula is C17H12F17O4-. The van der Waals surface area contributed by atoms with Crippen LogP contribution in [0.2, 0.25) is 0 Å². The molecule has 0 fully saturated rings. The van der Waals surface area contributed by atoms with Gasteiger partial charge in [0, 0.05) is 12.0 Å². The Labute approximate surface area is 199 Å². The lowest BCUT2D eigenvalue weighted by molar-refractivity contribution is -0.463. The molecule has 0 N–H and O–H groups in total. The molecule has 0 saturated carbocycles. The van der Waals surface area contributed by atoms with E-state index in [1.54, 1.807) is 0 Å². The normalized spacial score (nSPS) is 16.2. The van der Waals surface area contributed by atoms with E-state index in [9.17, 15) is 89.3 Å². The maximum Gasteiger partial charge on any atom is 0.473 e. The Morgan fingerprint density at radius 2 is 1.03 bits per heavy atom. The molecule has 1 atom stereocenters. The SMILES string of the molecule is CC(C)C(CC(F)(F)F)C(F)(F)C(F)(F)C(F)(F)C(F)(F)C(F)(F)C(F)(F)C(F)(F)OC(=O)C=CC(=O)[O-]. The highest BCUT2D eigenvalue weighted by Gasteiger charge is 2.94. The van der Waals surface area contributed by atoms with Gasteiger partial charge >= 0.3 is 53.8 Å². The van der Waals surface area contributed by atoms with Gasteiger partial charge in [-0.3, -0.25) is 0 Å². The molecule has 0 aliphatic rings. The standard InChI is InChI=1S/C17H13F17O4/c1-6(2)7(5-10(18,19)20)11(21,22)12(23,24)13(25,26)14(27,28)15(29,30)16(31,32)17(33,34)38-9(37)4-3-8(35)36/h3-4,6-7H,5H2,1-2H3,(H,35,36)/p-1. The van der Waals surface area contributed by atoms with E-state index in [0.717, 1.165) is 0 Å². The van der Waals surface area contributed by atoms with Crippen molar-refractivity contribution in [2.45, 2.75) is 68.1 Å². The van der Waals surface area contributed by atoms with Crippen LogP contribution in [0, 0.1) is 11.8 Å². The van der Waals surface area contributed by atoms with Crippen LogP contribution in [0.4, 0.5) is 74.6 Å². The van der Waals surface area contributed by atoms with E-state index in [0.29, 0.717) is 0 Å². The van der Waals surface area contributed by atoms with Crippen LogP contribution in [0.1, 0.15) is 20.3 Å². The number of carboxylic acid groups (broad SMARTS) is 1. The fourth-order valence-electron chi connectivity index (χ4n) is 2.61. The summed E-state index contributed by atoms with van der Waals surface area (Å²) in [5.41, 5.74) is 0. The predicted octanol–water partition coefficient (Wildman–Crippen LogP) is 5.46. The third-order valence-electron chi connectivity index (χ3n) is 4.67. The van der Waals surface area contributed by atoms with Gasteiger partial charge in [0.05, 0.1) is 12.4 Å². The van der Waals surface area contributed by atoms with Crippen molar-refractivity contribution >= 4 is 11.9 Å². The average Bonchev–Trinajstić information content (AvgIpc) is 2.68. The number of carboxylic acids is 1. The molecule has 0 radical (unpaired) electrons. The van der Waals surface area contributed by atoms with Crippen LogP contribution in [-0.4, -0.2) is 59.8 Å². The first-order chi connectivity index (χ1) is 16.3. The van der Waals surface area contributed by atoms with Crippen molar-refractivity contribution in [3.8, 4) is 0 Å². The Kier molecular flexibility index (Phi) is 9.56. The lowest BCUT2D eigenvalue weighted by atomic mass is 9.79. The van der Waals surface area contributed by atoms with E-state index < -0.39 is 90.2 Å². The molecule has 0 saturated heterocycles. The summed E-state index contributed by atoms with van der Waals surface area (Å²) in [6.45, 7) is 0.506. The number of aliphatic carboxylic acids is 1. The molecule has 0 aliphatic heterocycles. The first-order valence-electron chi connectivity index (χ1n) is 9.18. The first kappa shape index (κ1) is 35.5. The number of ether oxygens (including phenoxy) is 1. The number of halogens is 17. The molecule has 0 aromatic carbocycles. The Morgan fingerprint density at radius 1 is 0.658 bits per heavy atom. The van der Waals surface area contributed by atoms with Crippen LogP contribution in [0.15, 0.2) is 12.2 Å². The number of alkyl halides is 17. The Bertz CT molecular complexity index is 905. The summed E-state index contributed by atoms with van der Waals surface area (Å²) in [4.78, 5) is 20.8. The Balaban J connectivity index is 6.77. The van der Waals surface area contributed by atoms with E-state index in [-0.39, 0.29) is 13.8 Å². The molecule has 0 aromatic heterocycles. The van der Waals surface area contributed by atoms with Crippen molar-refractivity contribution in [1.29, 1.82) is 0 Å². The zero-order valence-electron chi connectivity index (χ0n) is 18.1. The highest BCUT2D eigenvalue weighted by Crippen LogP contribution is 2.64. The van der Waals surface area contributed by atoms with Crippen LogP contribution in [-0.2, 0) is 14.3 Å². The zero-order chi connectivity index (χ0) is 31.1. The molecule has 0 rings (SSSR count). The number of carbonyl (C=O) groups excluding carboxylic acids is 2. The van der Waals surface area contributed by atoms with Crippen LogP contribution in [0.25, 0.3) is 0 Å². The van der Waals surface area contributed by atoms with Gasteiger partial charge in [0.25, 0.3) is 0 Å². The van der Waals surface area contributed by atoms with E-state index in [2.05, 4.69) is 4.74 Å². The summed E-state index contributed by atoms with van der Waals surface area (Å²) < 4.78 is 233. The molecule has 0 aliphatic carbocycles. The monoisotopic (exact) mass is 603 g/mol. The molecule has 224 valence electrons. The first-order valence-corrected chi connectivity index (χ1v) is 9.18. The maximum atomic E-state index is 14.1. The van der Waals surface area contributed by atoms with E-state index in [4.69, 9.17) is 0 Å². The van der Waals surface area contributed by atoms with Crippen LogP contribution in [0.5, 0.6) is 0 Å². The number of esters is 1. The number of hydrogen-bond donors (Lipinski definition) is 0. The van der Waals surface area contributed by atoms with Crippen molar-refractivity contribution in [3.63, 3.8) is 0 Å². The molecule has 4 nitrogen and oxygen atoms in total. The molecule has 0 spiro atoms. The molecule has 21 heteroatoms. The summed E-state index contributed by atoms with van der Waals surface area (Å²) >= 11 is 0. The van der Waals surface area contributed by atoms with Gasteiger partial charge in [0.1, 0.15) is 0 Å². The van der Waals surface area contributed by atoms with Crippen molar-refractivity contribution in [3.05, 3.63) is 12.2 Å². The van der Waals surface area contributed by atoms with Crippen LogP contribution >= 0.6 is 0 Å². The predicted molar refractivity (Wildman–Crippen MR) is 83.9 cm³/mol. The topological polar surface area (TPSA) is 66.4 Å². The average molecular weight is 603 g/mol. The summed E-state index contributed by atoms with van der Waals surface area (Å²) in [6, 6.07) is 0. The smallest absolute Gasteiger partial charge is 0.473 e. The zero-order valence-corrected chi connectivity index (χ0v) is 18.1. The highest BCUT2D eigenvalue weighted by atomic mass is 19.4. The summed E-state index contributed by atoms with van der Waals surface area (Å²) in [7, 11) is 0. The van der Waals surface area contributed by atoms with Crippen LogP contribution < -0.4 is 5.11 Å². The number of rotatable bonds is 12. The Morgan fingerprint density at radius 3 is 1.37 bits per heavy atom. The quantitative estimate of drug-likeness (QED) is 0.169. The summed E-state index contributed by atoms with van der Waals surface area (Å²) in [5, 5.41) is 9.97. The lowest BCUT2D eigenvalue weighted by Crippen LogP contribution is -2.74. The minimum Gasteiger partial charge on any atom is -0.545 e. The molecule has 1 unspecified atom stereocenters. The van der Waals surface area contributed by atoms with Gasteiger partial charge in [-0.1, -0.05) is 13.8 Å². The molecule has 0 amide bonds. The van der Waals surface area contributed by atoms with Crippen molar-refractivity contribution < 1.29 is 94.1 Å². The van der Waals surface area contributed by atoms with E-state index in [1.165, 1.54) is 0 Å². The highest BCUT2D eigenvalue weighted by molar-refractivity contribution is 5.90. The van der Waals surface area contributed by atoms with Gasteiger partial charge in [-0.15, -0.1) is 0 Å². The minimum absolute atomic E-state index is 0.253. The van der Waals surface area contributed by atoms with Crippen molar-refractivity contribution in [1.82, 2.24) is 0 Å². The van der Waals surface area contributed by atoms with Crippen molar-refractivity contribution in [2.24, 2.45) is 11.8 Å². The third-order valence-corrected chi connectivity index (χ3v) is 4.67. The molecule has 0 aromatic rings. The van der Waals surface area contributed by atoms with Gasteiger partial charge in [0.2, 0.25) is 0 Å². The molecule has 38 heavy (non-hydrogen) atoms. The third kappa shape index (κ3) is 6.04. The van der Waals surface area contributed by atoms with E-state index in [1.807, 2.05) is 0 Å². The number of hydrogen-bond acceptors (Lipinski definition) is 4. The fourth-order valence-corrected chi connectivity index (χ4v) is 2.61. The van der Waals surface area contributed by atoms with E-state index >= 15 is 0 Å². The second-order valence-corrected chi connectivity index (χ2v) is 7.75. The van der Waals surface area contributed by atoms with Gasteiger partial charge < -0.3 is 14.6 Å². The molecule has 0 bridgehead atoms. The second kappa shape index (κ2) is 10.2. The summed E-state index contributed by atoms with van der Waals surface area (Å²) in [6.07, 6.45) is -17.7. The fraction of sp³-hybridized carbons (Fsp3) is 0.765.